The van der Waals surface area contributed by atoms with E-state index in [-0.39, 0.29) is 18.6 Å². The highest BCUT2D eigenvalue weighted by atomic mass is 32.2. The zero-order valence-electron chi connectivity index (χ0n) is 15.7. The van der Waals surface area contributed by atoms with Crippen LogP contribution in [0, 0.1) is 6.92 Å². The molecule has 1 atom stereocenters. The van der Waals surface area contributed by atoms with Crippen LogP contribution in [0.25, 0.3) is 6.08 Å². The van der Waals surface area contributed by atoms with Crippen molar-refractivity contribution in [2.45, 2.75) is 39.2 Å². The number of carbonyl (C=O) groups is 2. The van der Waals surface area contributed by atoms with Gasteiger partial charge >= 0.3 is 5.97 Å². The average Bonchev–Trinajstić information content (AvgIpc) is 2.64. The minimum Gasteiger partial charge on any atom is -0.455 e. The van der Waals surface area contributed by atoms with E-state index >= 15 is 0 Å². The van der Waals surface area contributed by atoms with Gasteiger partial charge in [-0.2, -0.15) is 0 Å². The molecule has 0 aliphatic carbocycles. The largest absolute Gasteiger partial charge is 0.455 e. The van der Waals surface area contributed by atoms with E-state index in [9.17, 15) is 18.0 Å². The number of nitrogens with zero attached hydrogens (tertiary/aromatic N) is 1. The van der Waals surface area contributed by atoms with Gasteiger partial charge in [0, 0.05) is 18.0 Å². The van der Waals surface area contributed by atoms with Crippen LogP contribution >= 0.6 is 0 Å². The Labute approximate surface area is 160 Å². The summed E-state index contributed by atoms with van der Waals surface area (Å²) in [7, 11) is -3.78. The van der Waals surface area contributed by atoms with E-state index in [1.165, 1.54) is 6.08 Å². The number of ether oxygens (including phenoxy) is 1. The molecule has 1 fully saturated rings. The van der Waals surface area contributed by atoms with Crippen LogP contribution in [0.3, 0.4) is 0 Å². The van der Waals surface area contributed by atoms with E-state index in [4.69, 9.17) is 4.74 Å². The molecule has 148 valence electrons. The lowest BCUT2D eigenvalue weighted by atomic mass is 10.0. The van der Waals surface area contributed by atoms with Gasteiger partial charge in [0.15, 0.2) is 6.61 Å². The third-order valence-corrected chi connectivity index (χ3v) is 5.46. The number of rotatable bonds is 7. The van der Waals surface area contributed by atoms with Gasteiger partial charge in [0.05, 0.1) is 0 Å². The molecular weight excluding hydrogens is 368 g/mol. The second-order valence-corrected chi connectivity index (χ2v) is 8.32. The molecule has 1 aliphatic rings. The smallest absolute Gasteiger partial charge is 0.321 e. The van der Waals surface area contributed by atoms with Gasteiger partial charge in [-0.15, -0.1) is 0 Å². The second kappa shape index (κ2) is 9.66. The van der Waals surface area contributed by atoms with Crippen LogP contribution in [0.1, 0.15) is 37.3 Å². The molecule has 1 saturated heterocycles. The fraction of sp³-hybridized carbons (Fsp3) is 0.474. The molecular formula is C19H26N2O5S. The maximum absolute atomic E-state index is 12.1. The molecule has 8 heteroatoms. The molecule has 27 heavy (non-hydrogen) atoms. The van der Waals surface area contributed by atoms with E-state index in [1.54, 1.807) is 17.0 Å². The molecule has 0 radical (unpaired) electrons. The zero-order chi connectivity index (χ0) is 19.9. The minimum atomic E-state index is -3.78. The van der Waals surface area contributed by atoms with Crippen molar-refractivity contribution in [3.8, 4) is 0 Å². The van der Waals surface area contributed by atoms with E-state index in [2.05, 4.69) is 4.72 Å². The Kier molecular flexibility index (Phi) is 7.55. The van der Waals surface area contributed by atoms with Crippen molar-refractivity contribution in [1.82, 2.24) is 9.62 Å². The van der Waals surface area contributed by atoms with E-state index in [1.807, 2.05) is 26.0 Å². The second-order valence-electron chi connectivity index (χ2n) is 6.67. The standard InChI is InChI=1S/C19H26N2O5S/c1-15-6-8-17(9-7-15)10-12-27(24,25)20-13-19(23)26-14-18(22)21-11-4-3-5-16(21)2/h6-10,12,16,20H,3-5,11,13-14H2,1-2H3/b12-10+/t16-/m0/s1. The van der Waals surface area contributed by atoms with Crippen molar-refractivity contribution < 1.29 is 22.7 Å². The predicted molar refractivity (Wildman–Crippen MR) is 103 cm³/mol. The van der Waals surface area contributed by atoms with Crippen LogP contribution in [0.2, 0.25) is 0 Å². The summed E-state index contributed by atoms with van der Waals surface area (Å²) in [6.45, 7) is 3.67. The number of aryl methyl sites for hydroxylation is 1. The molecule has 0 aromatic heterocycles. The quantitative estimate of drug-likeness (QED) is 0.712. The minimum absolute atomic E-state index is 0.135. The van der Waals surface area contributed by atoms with Gasteiger partial charge in [0.2, 0.25) is 10.0 Å². The zero-order valence-corrected chi connectivity index (χ0v) is 16.5. The summed E-state index contributed by atoms with van der Waals surface area (Å²) in [5.41, 5.74) is 1.80. The summed E-state index contributed by atoms with van der Waals surface area (Å²) in [5.74, 6) is -1.04. The first-order valence-electron chi connectivity index (χ1n) is 8.96. The summed E-state index contributed by atoms with van der Waals surface area (Å²) >= 11 is 0. The van der Waals surface area contributed by atoms with Crippen LogP contribution in [-0.2, 0) is 24.3 Å². The fourth-order valence-corrected chi connectivity index (χ4v) is 3.55. The monoisotopic (exact) mass is 394 g/mol. The fourth-order valence-electron chi connectivity index (χ4n) is 2.80. The molecule has 7 nitrogen and oxygen atoms in total. The summed E-state index contributed by atoms with van der Waals surface area (Å²) < 4.78 is 30.9. The van der Waals surface area contributed by atoms with Gasteiger partial charge in [-0.1, -0.05) is 29.8 Å². The van der Waals surface area contributed by atoms with E-state index < -0.39 is 22.5 Å². The lowest BCUT2D eigenvalue weighted by molar-refractivity contribution is -0.152. The molecule has 1 aromatic rings. The maximum atomic E-state index is 12.1. The molecule has 0 spiro atoms. The van der Waals surface area contributed by atoms with Crippen molar-refractivity contribution in [3.05, 3.63) is 40.8 Å². The lowest BCUT2D eigenvalue weighted by Gasteiger charge is -2.33. The predicted octanol–water partition coefficient (Wildman–Crippen LogP) is 1.83. The molecule has 1 amide bonds. The Balaban J connectivity index is 1.76. The van der Waals surface area contributed by atoms with Gasteiger partial charge in [-0.05, 0) is 44.7 Å². The third-order valence-electron chi connectivity index (χ3n) is 4.41. The van der Waals surface area contributed by atoms with Crippen molar-refractivity contribution >= 4 is 28.0 Å². The van der Waals surface area contributed by atoms with E-state index in [0.29, 0.717) is 6.54 Å². The SMILES string of the molecule is Cc1ccc(/C=C/S(=O)(=O)NCC(=O)OCC(=O)N2CCCC[C@@H]2C)cc1. The first-order chi connectivity index (χ1) is 12.8. The average molecular weight is 394 g/mol. The van der Waals surface area contributed by atoms with Gasteiger partial charge in [-0.25, -0.2) is 13.1 Å². The summed E-state index contributed by atoms with van der Waals surface area (Å²) in [5, 5.41) is 0.992. The van der Waals surface area contributed by atoms with E-state index in [0.717, 1.165) is 35.8 Å². The first-order valence-corrected chi connectivity index (χ1v) is 10.5. The van der Waals surface area contributed by atoms with Crippen LogP contribution in [0.5, 0.6) is 0 Å². The Hall–Kier alpha value is -2.19. The number of likely N-dealkylation sites (tertiary alicyclic amines) is 1. The van der Waals surface area contributed by atoms with Crippen LogP contribution in [-0.4, -0.2) is 50.9 Å². The number of nitrogens with one attached hydrogen (secondary N) is 1. The van der Waals surface area contributed by atoms with Crippen molar-refractivity contribution in [1.29, 1.82) is 0 Å². The number of esters is 1. The highest BCUT2D eigenvalue weighted by Crippen LogP contribution is 2.16. The number of hydrogen-bond acceptors (Lipinski definition) is 5. The number of piperidine rings is 1. The lowest BCUT2D eigenvalue weighted by Crippen LogP contribution is -2.44. The van der Waals surface area contributed by atoms with Crippen LogP contribution < -0.4 is 4.72 Å². The highest BCUT2D eigenvalue weighted by Gasteiger charge is 2.24. The molecule has 1 heterocycles. The topological polar surface area (TPSA) is 92.8 Å². The van der Waals surface area contributed by atoms with Gasteiger partial charge in [0.25, 0.3) is 5.91 Å². The molecule has 0 bridgehead atoms. The molecule has 0 unspecified atom stereocenters. The number of carbonyl (C=O) groups excluding carboxylic acids is 2. The maximum Gasteiger partial charge on any atom is 0.321 e. The molecule has 0 saturated carbocycles. The van der Waals surface area contributed by atoms with Crippen molar-refractivity contribution in [3.63, 3.8) is 0 Å². The Morgan fingerprint density at radius 1 is 1.26 bits per heavy atom. The van der Waals surface area contributed by atoms with Crippen molar-refractivity contribution in [2.75, 3.05) is 19.7 Å². The Morgan fingerprint density at radius 3 is 2.63 bits per heavy atom. The summed E-state index contributed by atoms with van der Waals surface area (Å²) in [6.07, 6.45) is 4.40. The van der Waals surface area contributed by atoms with Crippen LogP contribution in [0.4, 0.5) is 0 Å². The first kappa shape index (κ1) is 21.1. The number of hydrogen-bond donors (Lipinski definition) is 1. The van der Waals surface area contributed by atoms with Gasteiger partial charge < -0.3 is 9.64 Å². The molecule has 1 N–H and O–H groups in total. The highest BCUT2D eigenvalue weighted by molar-refractivity contribution is 7.92. The Bertz CT molecular complexity index is 787. The Morgan fingerprint density at radius 2 is 1.96 bits per heavy atom. The van der Waals surface area contributed by atoms with Gasteiger partial charge in [-0.3, -0.25) is 9.59 Å². The molecule has 1 aliphatic heterocycles. The number of amides is 1. The summed E-state index contributed by atoms with van der Waals surface area (Å²) in [4.78, 5) is 25.5. The molecule has 2 rings (SSSR count). The molecule has 1 aromatic carbocycles. The number of sulfonamides is 1. The van der Waals surface area contributed by atoms with Crippen molar-refractivity contribution in [2.24, 2.45) is 0 Å². The van der Waals surface area contributed by atoms with Gasteiger partial charge in [0.1, 0.15) is 6.54 Å². The third kappa shape index (κ3) is 7.15. The summed E-state index contributed by atoms with van der Waals surface area (Å²) in [6, 6.07) is 7.47. The van der Waals surface area contributed by atoms with Crippen LogP contribution in [0.15, 0.2) is 29.7 Å². The number of benzene rings is 1. The normalized spacial score (nSPS) is 17.9.